The monoisotopic (exact) mass is 370 g/mol. The van der Waals surface area contributed by atoms with Gasteiger partial charge in [-0.3, -0.25) is 9.59 Å². The first-order valence-corrected chi connectivity index (χ1v) is 9.33. The van der Waals surface area contributed by atoms with Gasteiger partial charge < -0.3 is 19.1 Å². The van der Waals surface area contributed by atoms with Crippen LogP contribution in [0.15, 0.2) is 36.7 Å². The van der Waals surface area contributed by atoms with Crippen LogP contribution in [0.2, 0.25) is 0 Å². The van der Waals surface area contributed by atoms with Crippen molar-refractivity contribution in [3.63, 3.8) is 0 Å². The molecule has 2 heterocycles. The molecule has 0 atom stereocenters. The van der Waals surface area contributed by atoms with Crippen molar-refractivity contribution in [1.29, 1.82) is 0 Å². The molecule has 1 aromatic carbocycles. The van der Waals surface area contributed by atoms with Gasteiger partial charge in [-0.1, -0.05) is 13.0 Å². The van der Waals surface area contributed by atoms with Crippen molar-refractivity contribution in [3.8, 4) is 5.75 Å². The second-order valence-corrected chi connectivity index (χ2v) is 6.55. The summed E-state index contributed by atoms with van der Waals surface area (Å²) in [6, 6.07) is 7.17. The largest absolute Gasteiger partial charge is 0.497 e. The summed E-state index contributed by atoms with van der Waals surface area (Å²) in [7, 11) is 1.58. The molecule has 2 amide bonds. The fourth-order valence-corrected chi connectivity index (χ4v) is 3.33. The molecule has 0 saturated carbocycles. The summed E-state index contributed by atoms with van der Waals surface area (Å²) in [6.45, 7) is 4.93. The lowest BCUT2D eigenvalue weighted by molar-refractivity contribution is -0.132. The van der Waals surface area contributed by atoms with Gasteiger partial charge >= 0.3 is 0 Å². The molecule has 3 rings (SSSR count). The number of carbonyl (C=O) groups excluding carboxylic acids is 2. The lowest BCUT2D eigenvalue weighted by Gasteiger charge is -2.35. The number of nitrogens with zero attached hydrogens (tertiary/aromatic N) is 4. The molecule has 1 saturated heterocycles. The zero-order valence-electron chi connectivity index (χ0n) is 15.9. The molecule has 1 fully saturated rings. The van der Waals surface area contributed by atoms with Crippen LogP contribution in [0.3, 0.4) is 0 Å². The van der Waals surface area contributed by atoms with Crippen molar-refractivity contribution < 1.29 is 14.3 Å². The first-order valence-electron chi connectivity index (χ1n) is 9.33. The summed E-state index contributed by atoms with van der Waals surface area (Å²) in [5.74, 6) is 1.77. The second kappa shape index (κ2) is 8.70. The zero-order chi connectivity index (χ0) is 19.2. The highest BCUT2D eigenvalue weighted by atomic mass is 16.5. The van der Waals surface area contributed by atoms with E-state index in [0.29, 0.717) is 50.5 Å². The van der Waals surface area contributed by atoms with Crippen molar-refractivity contribution in [1.82, 2.24) is 19.4 Å². The molecule has 0 unspecified atom stereocenters. The van der Waals surface area contributed by atoms with Crippen LogP contribution in [0.1, 0.15) is 29.5 Å². The fraction of sp³-hybridized carbons (Fsp3) is 0.450. The fourth-order valence-electron chi connectivity index (χ4n) is 3.33. The number of methoxy groups -OCH3 is 1. The maximum Gasteiger partial charge on any atom is 0.254 e. The third kappa shape index (κ3) is 4.48. The molecule has 7 nitrogen and oxygen atoms in total. The van der Waals surface area contributed by atoms with Crippen LogP contribution >= 0.6 is 0 Å². The molecule has 0 spiro atoms. The quantitative estimate of drug-likeness (QED) is 0.778. The van der Waals surface area contributed by atoms with Crippen LogP contribution in [0, 0.1) is 0 Å². The van der Waals surface area contributed by atoms with Gasteiger partial charge in [-0.15, -0.1) is 0 Å². The predicted molar refractivity (Wildman–Crippen MR) is 102 cm³/mol. The van der Waals surface area contributed by atoms with E-state index in [2.05, 4.69) is 11.9 Å². The van der Waals surface area contributed by atoms with E-state index in [0.717, 1.165) is 12.2 Å². The van der Waals surface area contributed by atoms with Gasteiger partial charge in [-0.25, -0.2) is 4.98 Å². The summed E-state index contributed by atoms with van der Waals surface area (Å²) in [5.41, 5.74) is 0.612. The van der Waals surface area contributed by atoms with Gasteiger partial charge in [0.1, 0.15) is 11.6 Å². The average molecular weight is 370 g/mol. The Hall–Kier alpha value is -2.83. The van der Waals surface area contributed by atoms with Crippen molar-refractivity contribution in [2.24, 2.45) is 0 Å². The van der Waals surface area contributed by atoms with Crippen LogP contribution in [0.4, 0.5) is 0 Å². The lowest BCUT2D eigenvalue weighted by Crippen LogP contribution is -2.50. The molecular formula is C20H26N4O3. The molecule has 2 aromatic rings. The minimum Gasteiger partial charge on any atom is -0.497 e. The number of carbonyl (C=O) groups is 2. The number of benzene rings is 1. The van der Waals surface area contributed by atoms with Gasteiger partial charge in [0, 0.05) is 63.5 Å². The number of imidazole rings is 1. The van der Waals surface area contributed by atoms with Crippen LogP contribution in [-0.2, 0) is 17.8 Å². The molecule has 0 aliphatic carbocycles. The number of ether oxygens (including phenoxy) is 1. The first-order chi connectivity index (χ1) is 13.1. The van der Waals surface area contributed by atoms with Crippen LogP contribution in [-0.4, -0.2) is 64.5 Å². The molecule has 0 bridgehead atoms. The maximum absolute atomic E-state index is 12.7. The van der Waals surface area contributed by atoms with Crippen molar-refractivity contribution >= 4 is 11.8 Å². The highest BCUT2D eigenvalue weighted by Crippen LogP contribution is 2.16. The number of hydrogen-bond donors (Lipinski definition) is 0. The Labute approximate surface area is 159 Å². The Kier molecular flexibility index (Phi) is 6.11. The predicted octanol–water partition coefficient (Wildman–Crippen LogP) is 1.83. The smallest absolute Gasteiger partial charge is 0.254 e. The molecular weight excluding hydrogens is 344 g/mol. The molecule has 27 heavy (non-hydrogen) atoms. The minimum absolute atomic E-state index is 0.0213. The normalized spacial score (nSPS) is 14.3. The van der Waals surface area contributed by atoms with Crippen molar-refractivity contribution in [3.05, 3.63) is 48.0 Å². The van der Waals surface area contributed by atoms with Crippen molar-refractivity contribution in [2.75, 3.05) is 33.3 Å². The standard InChI is InChI=1S/C20H26N4O3/c1-3-18-21-8-10-22(18)9-7-19(25)23-11-13-24(14-12-23)20(26)16-5-4-6-17(15-16)27-2/h4-6,8,10,15H,3,7,9,11-14H2,1-2H3. The summed E-state index contributed by atoms with van der Waals surface area (Å²) in [4.78, 5) is 33.1. The number of hydrogen-bond acceptors (Lipinski definition) is 4. The first kappa shape index (κ1) is 18.9. The highest BCUT2D eigenvalue weighted by Gasteiger charge is 2.25. The molecule has 144 valence electrons. The van der Waals surface area contributed by atoms with Gasteiger partial charge in [-0.2, -0.15) is 0 Å². The Morgan fingerprint density at radius 3 is 2.59 bits per heavy atom. The molecule has 1 aromatic heterocycles. The van der Waals surface area contributed by atoms with E-state index in [9.17, 15) is 9.59 Å². The van der Waals surface area contributed by atoms with E-state index in [4.69, 9.17) is 4.74 Å². The summed E-state index contributed by atoms with van der Waals surface area (Å²) in [5, 5.41) is 0. The van der Waals surface area contributed by atoms with E-state index >= 15 is 0 Å². The van der Waals surface area contributed by atoms with E-state index in [1.807, 2.05) is 27.8 Å². The second-order valence-electron chi connectivity index (χ2n) is 6.55. The summed E-state index contributed by atoms with van der Waals surface area (Å²) >= 11 is 0. The lowest BCUT2D eigenvalue weighted by atomic mass is 10.1. The number of aryl methyl sites for hydroxylation is 2. The van der Waals surface area contributed by atoms with Gasteiger partial charge in [0.05, 0.1) is 7.11 Å². The zero-order valence-corrected chi connectivity index (χ0v) is 15.9. The third-order valence-electron chi connectivity index (χ3n) is 4.92. The van der Waals surface area contributed by atoms with Crippen molar-refractivity contribution in [2.45, 2.75) is 26.3 Å². The Bertz CT molecular complexity index is 794. The molecule has 1 aliphatic rings. The molecule has 0 N–H and O–H groups in total. The number of piperazine rings is 1. The number of aromatic nitrogens is 2. The summed E-state index contributed by atoms with van der Waals surface area (Å²) < 4.78 is 7.21. The Balaban J connectivity index is 1.50. The van der Waals surface area contributed by atoms with E-state index in [1.54, 1.807) is 30.3 Å². The molecule has 1 aliphatic heterocycles. The van der Waals surface area contributed by atoms with E-state index in [1.165, 1.54) is 0 Å². The van der Waals surface area contributed by atoms with Crippen LogP contribution in [0.25, 0.3) is 0 Å². The van der Waals surface area contributed by atoms with Crippen LogP contribution in [0.5, 0.6) is 5.75 Å². The van der Waals surface area contributed by atoms with Gasteiger partial charge in [0.25, 0.3) is 5.91 Å². The third-order valence-corrected chi connectivity index (χ3v) is 4.92. The number of rotatable bonds is 6. The van der Waals surface area contributed by atoms with Gasteiger partial charge in [-0.05, 0) is 18.2 Å². The average Bonchev–Trinajstić information content (AvgIpc) is 3.19. The SMILES string of the molecule is CCc1nccn1CCC(=O)N1CCN(C(=O)c2cccc(OC)c2)CC1. The van der Waals surface area contributed by atoms with E-state index in [-0.39, 0.29) is 11.8 Å². The van der Waals surface area contributed by atoms with Crippen LogP contribution < -0.4 is 4.74 Å². The summed E-state index contributed by atoms with van der Waals surface area (Å²) in [6.07, 6.45) is 4.99. The maximum atomic E-state index is 12.7. The van der Waals surface area contributed by atoms with Gasteiger partial charge in [0.15, 0.2) is 0 Å². The van der Waals surface area contributed by atoms with Gasteiger partial charge in [0.2, 0.25) is 5.91 Å². The Morgan fingerprint density at radius 2 is 1.89 bits per heavy atom. The topological polar surface area (TPSA) is 67.7 Å². The van der Waals surface area contributed by atoms with E-state index < -0.39 is 0 Å². The Morgan fingerprint density at radius 1 is 1.15 bits per heavy atom. The molecule has 0 radical (unpaired) electrons. The number of amides is 2. The minimum atomic E-state index is -0.0213. The molecule has 7 heteroatoms. The highest BCUT2D eigenvalue weighted by molar-refractivity contribution is 5.94.